The van der Waals surface area contributed by atoms with Gasteiger partial charge in [-0.25, -0.2) is 4.79 Å². The fraction of sp³-hybridized carbons (Fsp3) is 0.500. The highest BCUT2D eigenvalue weighted by Gasteiger charge is 2.48. The Morgan fingerprint density at radius 1 is 1.46 bits per heavy atom. The van der Waals surface area contributed by atoms with Gasteiger partial charge in [-0.1, -0.05) is 12.2 Å². The monoisotopic (exact) mass is 201 g/mol. The van der Waals surface area contributed by atoms with E-state index in [9.17, 15) is 9.59 Å². The lowest BCUT2D eigenvalue weighted by atomic mass is 10.0. The van der Waals surface area contributed by atoms with Crippen molar-refractivity contribution in [3.8, 4) is 0 Å². The van der Waals surface area contributed by atoms with E-state index in [1.54, 1.807) is 0 Å². The molecule has 1 aliphatic carbocycles. The molecule has 0 aromatic rings. The quantitative estimate of drug-likeness (QED) is 0.392. The molecule has 2 aliphatic rings. The second-order valence-corrected chi connectivity index (χ2v) is 3.62. The molecule has 5 heteroatoms. The van der Waals surface area contributed by atoms with Crippen LogP contribution in [0, 0.1) is 5.92 Å². The summed E-state index contributed by atoms with van der Waals surface area (Å²) in [6, 6.07) is -0.879. The number of carboxylic acids is 1. The SMILES string of the molecule is O=C(O)C1C2C=CC(C2)N1C(=O)Cl. The van der Waals surface area contributed by atoms with E-state index in [0.29, 0.717) is 6.42 Å². The first kappa shape index (κ1) is 8.56. The predicted molar refractivity (Wildman–Crippen MR) is 45.5 cm³/mol. The third kappa shape index (κ3) is 1.13. The van der Waals surface area contributed by atoms with Crippen LogP contribution in [0.1, 0.15) is 6.42 Å². The van der Waals surface area contributed by atoms with Crippen LogP contribution in [0.2, 0.25) is 0 Å². The highest BCUT2D eigenvalue weighted by molar-refractivity contribution is 6.63. The van der Waals surface area contributed by atoms with Crippen molar-refractivity contribution in [2.24, 2.45) is 5.92 Å². The molecule has 3 unspecified atom stereocenters. The highest BCUT2D eigenvalue weighted by Crippen LogP contribution is 2.38. The Balaban J connectivity index is 2.30. The lowest BCUT2D eigenvalue weighted by Gasteiger charge is -2.27. The summed E-state index contributed by atoms with van der Waals surface area (Å²) in [6.07, 6.45) is 4.37. The first-order valence-corrected chi connectivity index (χ1v) is 4.38. The Bertz CT molecular complexity index is 274. The van der Waals surface area contributed by atoms with Gasteiger partial charge < -0.3 is 10.0 Å². The van der Waals surface area contributed by atoms with Gasteiger partial charge in [-0.3, -0.25) is 4.79 Å². The van der Waals surface area contributed by atoms with E-state index >= 15 is 0 Å². The van der Waals surface area contributed by atoms with Crippen LogP contribution >= 0.6 is 11.6 Å². The van der Waals surface area contributed by atoms with E-state index in [0.717, 1.165) is 0 Å². The van der Waals surface area contributed by atoms with Crippen LogP contribution in [0.25, 0.3) is 0 Å². The van der Waals surface area contributed by atoms with Gasteiger partial charge in [0.25, 0.3) is 0 Å². The van der Waals surface area contributed by atoms with Crippen molar-refractivity contribution in [1.29, 1.82) is 0 Å². The molecular formula is C8H8ClNO3. The van der Waals surface area contributed by atoms with Crippen molar-refractivity contribution >= 4 is 22.9 Å². The van der Waals surface area contributed by atoms with E-state index in [4.69, 9.17) is 16.7 Å². The summed E-state index contributed by atoms with van der Waals surface area (Å²) in [4.78, 5) is 23.0. The van der Waals surface area contributed by atoms with Gasteiger partial charge in [0, 0.05) is 5.92 Å². The van der Waals surface area contributed by atoms with E-state index in [1.807, 2.05) is 12.2 Å². The number of hydrogen-bond donors (Lipinski definition) is 1. The second kappa shape index (κ2) is 2.73. The Morgan fingerprint density at radius 2 is 2.15 bits per heavy atom. The third-order valence-corrected chi connectivity index (χ3v) is 2.81. The minimum atomic E-state index is -0.981. The minimum Gasteiger partial charge on any atom is -0.480 e. The third-order valence-electron chi connectivity index (χ3n) is 2.61. The summed E-state index contributed by atoms with van der Waals surface area (Å²) in [5.41, 5.74) is 0. The van der Waals surface area contributed by atoms with Crippen LogP contribution in [0.5, 0.6) is 0 Å². The van der Waals surface area contributed by atoms with Gasteiger partial charge in [0.15, 0.2) is 0 Å². The number of rotatable bonds is 1. The summed E-state index contributed by atoms with van der Waals surface area (Å²) in [5.74, 6) is -1.05. The van der Waals surface area contributed by atoms with Gasteiger partial charge in [0.2, 0.25) is 0 Å². The molecule has 0 spiro atoms. The highest BCUT2D eigenvalue weighted by atomic mass is 35.5. The largest absolute Gasteiger partial charge is 0.480 e. The number of hydrogen-bond acceptors (Lipinski definition) is 2. The van der Waals surface area contributed by atoms with Crippen LogP contribution in [0.4, 0.5) is 4.79 Å². The van der Waals surface area contributed by atoms with Gasteiger partial charge in [-0.2, -0.15) is 0 Å². The number of carboxylic acid groups (broad SMARTS) is 1. The fourth-order valence-corrected chi connectivity index (χ4v) is 2.33. The van der Waals surface area contributed by atoms with Gasteiger partial charge in [0.1, 0.15) is 6.04 Å². The van der Waals surface area contributed by atoms with Gasteiger partial charge in [-0.05, 0) is 18.0 Å². The van der Waals surface area contributed by atoms with E-state index in [1.165, 1.54) is 4.90 Å². The van der Waals surface area contributed by atoms with Crippen molar-refractivity contribution in [2.75, 3.05) is 0 Å². The summed E-state index contributed by atoms with van der Waals surface area (Å²) in [5, 5.41) is 8.19. The number of fused-ring (bicyclic) bond motifs is 2. The Kier molecular flexibility index (Phi) is 1.80. The van der Waals surface area contributed by atoms with Crippen molar-refractivity contribution in [1.82, 2.24) is 4.90 Å². The molecule has 4 nitrogen and oxygen atoms in total. The number of carbonyl (C=O) groups is 2. The van der Waals surface area contributed by atoms with Crippen LogP contribution in [0.15, 0.2) is 12.2 Å². The molecule has 0 saturated carbocycles. The molecule has 1 heterocycles. The van der Waals surface area contributed by atoms with Gasteiger partial charge in [0.05, 0.1) is 6.04 Å². The predicted octanol–water partition coefficient (Wildman–Crippen LogP) is 1.06. The summed E-state index contributed by atoms with van der Waals surface area (Å²) in [6.45, 7) is 0. The second-order valence-electron chi connectivity index (χ2n) is 3.30. The molecule has 70 valence electrons. The normalized spacial score (nSPS) is 35.5. The van der Waals surface area contributed by atoms with E-state index < -0.39 is 17.4 Å². The van der Waals surface area contributed by atoms with Gasteiger partial charge in [-0.15, -0.1) is 0 Å². The smallest absolute Gasteiger partial charge is 0.327 e. The molecule has 0 aromatic heterocycles. The lowest BCUT2D eigenvalue weighted by molar-refractivity contribution is -0.142. The number of nitrogens with zero attached hydrogens (tertiary/aromatic N) is 1. The topological polar surface area (TPSA) is 57.6 Å². The van der Waals surface area contributed by atoms with E-state index in [-0.39, 0.29) is 12.0 Å². The van der Waals surface area contributed by atoms with Crippen molar-refractivity contribution < 1.29 is 14.7 Å². The first-order chi connectivity index (χ1) is 6.11. The molecular weight excluding hydrogens is 194 g/mol. The van der Waals surface area contributed by atoms with Crippen molar-refractivity contribution in [3.63, 3.8) is 0 Å². The maximum Gasteiger partial charge on any atom is 0.327 e. The first-order valence-electron chi connectivity index (χ1n) is 4.00. The Labute approximate surface area is 79.8 Å². The average Bonchev–Trinajstić information content (AvgIpc) is 2.60. The zero-order valence-electron chi connectivity index (χ0n) is 6.68. The molecule has 13 heavy (non-hydrogen) atoms. The summed E-state index contributed by atoms with van der Waals surface area (Å²) >= 11 is 5.31. The molecule has 0 radical (unpaired) electrons. The molecule has 3 atom stereocenters. The molecule has 2 rings (SSSR count). The number of likely N-dealkylation sites (tertiary alicyclic amines) is 1. The number of carbonyl (C=O) groups excluding carboxylic acids is 1. The van der Waals surface area contributed by atoms with Crippen molar-refractivity contribution in [3.05, 3.63) is 12.2 Å². The van der Waals surface area contributed by atoms with E-state index in [2.05, 4.69) is 0 Å². The average molecular weight is 202 g/mol. The fourth-order valence-electron chi connectivity index (χ4n) is 2.10. The molecule has 1 N–H and O–H groups in total. The zero-order chi connectivity index (χ0) is 9.59. The maximum absolute atomic E-state index is 10.9. The van der Waals surface area contributed by atoms with Crippen LogP contribution in [0.3, 0.4) is 0 Å². The number of halogens is 1. The Hall–Kier alpha value is -1.03. The molecule has 1 aliphatic heterocycles. The summed E-state index contributed by atoms with van der Waals surface area (Å²) in [7, 11) is 0. The van der Waals surface area contributed by atoms with Crippen LogP contribution < -0.4 is 0 Å². The van der Waals surface area contributed by atoms with Gasteiger partial charge >= 0.3 is 11.3 Å². The maximum atomic E-state index is 10.9. The molecule has 1 amide bonds. The molecule has 2 bridgehead atoms. The number of amides is 1. The minimum absolute atomic E-state index is 0.0646. The lowest BCUT2D eigenvalue weighted by Crippen LogP contribution is -2.45. The number of aliphatic carboxylic acids is 1. The molecule has 1 saturated heterocycles. The Morgan fingerprint density at radius 3 is 2.62 bits per heavy atom. The molecule has 1 fully saturated rings. The van der Waals surface area contributed by atoms with Crippen molar-refractivity contribution in [2.45, 2.75) is 18.5 Å². The zero-order valence-corrected chi connectivity index (χ0v) is 7.44. The molecule has 0 aromatic carbocycles. The van der Waals surface area contributed by atoms with Crippen LogP contribution in [-0.4, -0.2) is 33.4 Å². The summed E-state index contributed by atoms with van der Waals surface area (Å²) < 4.78 is 0. The van der Waals surface area contributed by atoms with Crippen LogP contribution in [-0.2, 0) is 4.79 Å². The standard InChI is InChI=1S/C8H8ClNO3/c9-8(13)10-5-2-1-4(3-5)6(10)7(11)12/h1-2,4-6H,3H2,(H,11,12).